The van der Waals surface area contributed by atoms with Gasteiger partial charge in [0.15, 0.2) is 0 Å². The highest BCUT2D eigenvalue weighted by Crippen LogP contribution is 2.26. The highest BCUT2D eigenvalue weighted by molar-refractivity contribution is 5.79. The van der Waals surface area contributed by atoms with Gasteiger partial charge in [-0.2, -0.15) is 5.26 Å². The molecule has 0 bridgehead atoms. The van der Waals surface area contributed by atoms with E-state index in [-0.39, 0.29) is 11.7 Å². The van der Waals surface area contributed by atoms with E-state index < -0.39 is 0 Å². The van der Waals surface area contributed by atoms with Crippen molar-refractivity contribution in [3.8, 4) is 6.07 Å². The third-order valence-electron chi connectivity index (χ3n) is 3.14. The molecule has 1 aromatic carbocycles. The first-order chi connectivity index (χ1) is 7.20. The maximum absolute atomic E-state index is 11.3. The molecule has 0 amide bonds. The monoisotopic (exact) mass is 199 g/mol. The van der Waals surface area contributed by atoms with Crippen LogP contribution in [0.5, 0.6) is 0 Å². The minimum atomic E-state index is 0.159. The van der Waals surface area contributed by atoms with E-state index in [9.17, 15) is 4.79 Å². The SMILES string of the molecule is CC(=O)C1CCc2ccc(C#N)cc2C1. The lowest BCUT2D eigenvalue weighted by Crippen LogP contribution is -2.20. The van der Waals surface area contributed by atoms with Gasteiger partial charge in [-0.3, -0.25) is 4.79 Å². The quantitative estimate of drug-likeness (QED) is 0.696. The maximum atomic E-state index is 11.3. The van der Waals surface area contributed by atoms with Crippen molar-refractivity contribution in [3.63, 3.8) is 0 Å². The number of rotatable bonds is 1. The molecule has 1 aliphatic rings. The molecule has 0 saturated carbocycles. The molecule has 2 rings (SSSR count). The molecule has 76 valence electrons. The molecule has 1 unspecified atom stereocenters. The van der Waals surface area contributed by atoms with Crippen LogP contribution < -0.4 is 0 Å². The number of nitrogens with zero attached hydrogens (tertiary/aromatic N) is 1. The molecule has 0 saturated heterocycles. The smallest absolute Gasteiger partial charge is 0.133 e. The second kappa shape index (κ2) is 3.86. The second-order valence-electron chi connectivity index (χ2n) is 4.15. The molecule has 0 radical (unpaired) electrons. The van der Waals surface area contributed by atoms with Crippen LogP contribution in [0.3, 0.4) is 0 Å². The fourth-order valence-electron chi connectivity index (χ4n) is 2.17. The first-order valence-corrected chi connectivity index (χ1v) is 5.23. The minimum Gasteiger partial charge on any atom is -0.300 e. The molecule has 0 heterocycles. The number of carbonyl (C=O) groups excluding carboxylic acids is 1. The fourth-order valence-corrected chi connectivity index (χ4v) is 2.17. The van der Waals surface area contributed by atoms with Gasteiger partial charge < -0.3 is 0 Å². The molecule has 1 atom stereocenters. The number of benzene rings is 1. The Balaban J connectivity index is 2.32. The van der Waals surface area contributed by atoms with Crippen molar-refractivity contribution >= 4 is 5.78 Å². The van der Waals surface area contributed by atoms with E-state index in [0.717, 1.165) is 19.3 Å². The Morgan fingerprint density at radius 2 is 2.27 bits per heavy atom. The lowest BCUT2D eigenvalue weighted by atomic mass is 9.81. The van der Waals surface area contributed by atoms with Crippen LogP contribution in [0.25, 0.3) is 0 Å². The Hall–Kier alpha value is -1.62. The number of aryl methyl sites for hydroxylation is 1. The van der Waals surface area contributed by atoms with E-state index in [1.807, 2.05) is 18.2 Å². The Morgan fingerprint density at radius 3 is 2.93 bits per heavy atom. The summed E-state index contributed by atoms with van der Waals surface area (Å²) in [6, 6.07) is 7.93. The molecular weight excluding hydrogens is 186 g/mol. The summed E-state index contributed by atoms with van der Waals surface area (Å²) in [6.07, 6.45) is 2.72. The van der Waals surface area contributed by atoms with Gasteiger partial charge in [0.1, 0.15) is 5.78 Å². The molecule has 0 spiro atoms. The number of hydrogen-bond donors (Lipinski definition) is 0. The van der Waals surface area contributed by atoms with E-state index in [1.54, 1.807) is 6.92 Å². The molecule has 0 aromatic heterocycles. The van der Waals surface area contributed by atoms with Crippen molar-refractivity contribution < 1.29 is 4.79 Å². The zero-order chi connectivity index (χ0) is 10.8. The normalized spacial score (nSPS) is 19.1. The summed E-state index contributed by atoms with van der Waals surface area (Å²) in [5.41, 5.74) is 3.17. The fraction of sp³-hybridized carbons (Fsp3) is 0.385. The zero-order valence-electron chi connectivity index (χ0n) is 8.79. The Bertz CT molecular complexity index is 442. The molecule has 0 N–H and O–H groups in total. The number of nitriles is 1. The van der Waals surface area contributed by atoms with Crippen LogP contribution in [0.2, 0.25) is 0 Å². The molecule has 2 heteroatoms. The summed E-state index contributed by atoms with van der Waals surface area (Å²) in [6.45, 7) is 1.66. The van der Waals surface area contributed by atoms with Crippen molar-refractivity contribution in [1.29, 1.82) is 5.26 Å². The van der Waals surface area contributed by atoms with Crippen LogP contribution in [0, 0.1) is 17.2 Å². The van der Waals surface area contributed by atoms with Gasteiger partial charge in [0.05, 0.1) is 11.6 Å². The molecule has 1 aliphatic carbocycles. The van der Waals surface area contributed by atoms with E-state index >= 15 is 0 Å². The molecule has 15 heavy (non-hydrogen) atoms. The first-order valence-electron chi connectivity index (χ1n) is 5.23. The topological polar surface area (TPSA) is 40.9 Å². The van der Waals surface area contributed by atoms with Gasteiger partial charge in [-0.1, -0.05) is 6.07 Å². The van der Waals surface area contributed by atoms with E-state index in [1.165, 1.54) is 11.1 Å². The minimum absolute atomic E-state index is 0.159. The average Bonchev–Trinajstić information content (AvgIpc) is 2.27. The second-order valence-corrected chi connectivity index (χ2v) is 4.15. The van der Waals surface area contributed by atoms with Gasteiger partial charge in [-0.05, 0) is 49.4 Å². The Morgan fingerprint density at radius 1 is 1.47 bits per heavy atom. The van der Waals surface area contributed by atoms with Gasteiger partial charge in [-0.15, -0.1) is 0 Å². The number of fused-ring (bicyclic) bond motifs is 1. The van der Waals surface area contributed by atoms with Crippen molar-refractivity contribution in [2.45, 2.75) is 26.2 Å². The summed E-state index contributed by atoms with van der Waals surface area (Å²) >= 11 is 0. The maximum Gasteiger partial charge on any atom is 0.133 e. The molecule has 0 fully saturated rings. The average molecular weight is 199 g/mol. The Kier molecular flexibility index (Phi) is 2.55. The van der Waals surface area contributed by atoms with E-state index in [0.29, 0.717) is 5.56 Å². The van der Waals surface area contributed by atoms with Crippen LogP contribution in [0.15, 0.2) is 18.2 Å². The highest BCUT2D eigenvalue weighted by Gasteiger charge is 2.21. The lowest BCUT2D eigenvalue weighted by Gasteiger charge is -2.22. The third kappa shape index (κ3) is 1.92. The number of hydrogen-bond acceptors (Lipinski definition) is 2. The standard InChI is InChI=1S/C13H13NO/c1-9(15)12-5-4-11-3-2-10(8-14)6-13(11)7-12/h2-3,6,12H,4-5,7H2,1H3. The molecule has 1 aromatic rings. The first kappa shape index (κ1) is 9.92. The van der Waals surface area contributed by atoms with Gasteiger partial charge >= 0.3 is 0 Å². The van der Waals surface area contributed by atoms with Gasteiger partial charge in [-0.25, -0.2) is 0 Å². The highest BCUT2D eigenvalue weighted by atomic mass is 16.1. The molecule has 0 aliphatic heterocycles. The van der Waals surface area contributed by atoms with Gasteiger partial charge in [0.2, 0.25) is 0 Å². The van der Waals surface area contributed by atoms with Crippen molar-refractivity contribution in [3.05, 3.63) is 34.9 Å². The zero-order valence-corrected chi connectivity index (χ0v) is 8.79. The van der Waals surface area contributed by atoms with Crippen LogP contribution in [0.4, 0.5) is 0 Å². The van der Waals surface area contributed by atoms with Crippen LogP contribution in [0.1, 0.15) is 30.0 Å². The number of ketones is 1. The van der Waals surface area contributed by atoms with E-state index in [4.69, 9.17) is 5.26 Å². The summed E-state index contributed by atoms with van der Waals surface area (Å²) < 4.78 is 0. The largest absolute Gasteiger partial charge is 0.300 e. The molecular formula is C13H13NO. The van der Waals surface area contributed by atoms with Gasteiger partial charge in [0, 0.05) is 5.92 Å². The van der Waals surface area contributed by atoms with Crippen molar-refractivity contribution in [2.24, 2.45) is 5.92 Å². The molecule has 2 nitrogen and oxygen atoms in total. The lowest BCUT2D eigenvalue weighted by molar-refractivity contribution is -0.121. The van der Waals surface area contributed by atoms with Crippen LogP contribution in [-0.2, 0) is 17.6 Å². The van der Waals surface area contributed by atoms with Crippen molar-refractivity contribution in [1.82, 2.24) is 0 Å². The van der Waals surface area contributed by atoms with E-state index in [2.05, 4.69) is 6.07 Å². The number of carbonyl (C=O) groups is 1. The summed E-state index contributed by atoms with van der Waals surface area (Å²) in [4.78, 5) is 11.3. The van der Waals surface area contributed by atoms with Crippen molar-refractivity contribution in [2.75, 3.05) is 0 Å². The van der Waals surface area contributed by atoms with Crippen LogP contribution >= 0.6 is 0 Å². The summed E-state index contributed by atoms with van der Waals surface area (Å²) in [5, 5.41) is 8.80. The summed E-state index contributed by atoms with van der Waals surface area (Å²) in [5.74, 6) is 0.425. The predicted octanol–water partition coefficient (Wildman–Crippen LogP) is 2.25. The summed E-state index contributed by atoms with van der Waals surface area (Å²) in [7, 11) is 0. The number of Topliss-reactive ketones (excluding diaryl/α,β-unsaturated/α-hetero) is 1. The third-order valence-corrected chi connectivity index (χ3v) is 3.14. The Labute approximate surface area is 89.5 Å². The van der Waals surface area contributed by atoms with Gasteiger partial charge in [0.25, 0.3) is 0 Å². The predicted molar refractivity (Wildman–Crippen MR) is 57.4 cm³/mol. The van der Waals surface area contributed by atoms with Crippen LogP contribution in [-0.4, -0.2) is 5.78 Å².